The van der Waals surface area contributed by atoms with Gasteiger partial charge in [-0.05, 0) is 19.8 Å². The lowest BCUT2D eigenvalue weighted by molar-refractivity contribution is 0.210. The summed E-state index contributed by atoms with van der Waals surface area (Å²) in [6.07, 6.45) is 4.54. The molecule has 1 aromatic rings. The molecule has 1 rings (SSSR count). The average molecular weight is 253 g/mol. The highest BCUT2D eigenvalue weighted by molar-refractivity contribution is 5.29. The van der Waals surface area contributed by atoms with Crippen LogP contribution in [0.4, 0.5) is 5.95 Å². The monoisotopic (exact) mass is 253 g/mol. The molecule has 1 heterocycles. The fourth-order valence-corrected chi connectivity index (χ4v) is 2.42. The summed E-state index contributed by atoms with van der Waals surface area (Å²) in [6, 6.07) is 0.478. The highest BCUT2D eigenvalue weighted by atomic mass is 16.5. The lowest BCUT2D eigenvalue weighted by Gasteiger charge is -2.24. The minimum absolute atomic E-state index is 0.478. The van der Waals surface area contributed by atoms with E-state index in [-0.39, 0.29) is 0 Å². The summed E-state index contributed by atoms with van der Waals surface area (Å²) in [5.74, 6) is 1.66. The van der Waals surface area contributed by atoms with Gasteiger partial charge < -0.3 is 14.6 Å². The predicted octanol–water partition coefficient (Wildman–Crippen LogP) is 3.25. The van der Waals surface area contributed by atoms with E-state index in [9.17, 15) is 0 Å². The van der Waals surface area contributed by atoms with E-state index in [0.717, 1.165) is 18.2 Å². The molecular formula is C14H27N3O. The number of nitrogens with zero attached hydrogens (tertiary/aromatic N) is 2. The standard InChI is InChI=1S/C14H27N3O/c1-6-13(7-2)12(4)17-10-11(3)16-14(17)15-8-9-18-5/h10,12-13H,6-9H2,1-5H3,(H,15,16). The maximum atomic E-state index is 5.06. The number of ether oxygens (including phenoxy) is 1. The van der Waals surface area contributed by atoms with Gasteiger partial charge in [-0.3, -0.25) is 0 Å². The van der Waals surface area contributed by atoms with Gasteiger partial charge in [-0.2, -0.15) is 0 Å². The van der Waals surface area contributed by atoms with Crippen LogP contribution < -0.4 is 5.32 Å². The number of aryl methyl sites for hydroxylation is 1. The molecule has 0 aliphatic carbocycles. The Hall–Kier alpha value is -1.03. The minimum atomic E-state index is 0.478. The van der Waals surface area contributed by atoms with Gasteiger partial charge in [0.2, 0.25) is 5.95 Å². The van der Waals surface area contributed by atoms with Gasteiger partial charge in [-0.15, -0.1) is 0 Å². The van der Waals surface area contributed by atoms with Crippen LogP contribution in [-0.2, 0) is 4.74 Å². The Balaban J connectivity index is 2.79. The molecule has 0 bridgehead atoms. The molecule has 0 aliphatic rings. The third-order valence-electron chi connectivity index (χ3n) is 3.61. The molecule has 0 saturated heterocycles. The third kappa shape index (κ3) is 3.73. The molecule has 4 nitrogen and oxygen atoms in total. The van der Waals surface area contributed by atoms with Crippen molar-refractivity contribution >= 4 is 5.95 Å². The maximum Gasteiger partial charge on any atom is 0.203 e. The Kier molecular flexibility index (Phi) is 6.19. The van der Waals surface area contributed by atoms with Crippen molar-refractivity contribution in [3.63, 3.8) is 0 Å². The Bertz CT molecular complexity index is 345. The number of hydrogen-bond donors (Lipinski definition) is 1. The minimum Gasteiger partial charge on any atom is -0.383 e. The molecule has 0 amide bonds. The van der Waals surface area contributed by atoms with Crippen molar-refractivity contribution in [2.24, 2.45) is 5.92 Å². The first-order chi connectivity index (χ1) is 8.63. The van der Waals surface area contributed by atoms with E-state index >= 15 is 0 Å². The van der Waals surface area contributed by atoms with E-state index in [0.29, 0.717) is 18.6 Å². The number of anilines is 1. The molecular weight excluding hydrogens is 226 g/mol. The van der Waals surface area contributed by atoms with E-state index < -0.39 is 0 Å². The van der Waals surface area contributed by atoms with E-state index in [2.05, 4.69) is 41.8 Å². The van der Waals surface area contributed by atoms with Crippen molar-refractivity contribution in [1.82, 2.24) is 9.55 Å². The zero-order chi connectivity index (χ0) is 13.5. The Morgan fingerprint density at radius 3 is 2.61 bits per heavy atom. The van der Waals surface area contributed by atoms with Gasteiger partial charge in [0.05, 0.1) is 12.3 Å². The van der Waals surface area contributed by atoms with Crippen LogP contribution in [0.2, 0.25) is 0 Å². The molecule has 0 fully saturated rings. The van der Waals surface area contributed by atoms with Crippen LogP contribution in [-0.4, -0.2) is 29.8 Å². The van der Waals surface area contributed by atoms with Gasteiger partial charge in [0.1, 0.15) is 0 Å². The number of rotatable bonds is 8. The van der Waals surface area contributed by atoms with Crippen LogP contribution in [0.5, 0.6) is 0 Å². The van der Waals surface area contributed by atoms with Crippen molar-refractivity contribution in [2.45, 2.75) is 46.6 Å². The van der Waals surface area contributed by atoms with Crippen molar-refractivity contribution < 1.29 is 4.74 Å². The van der Waals surface area contributed by atoms with E-state index in [1.165, 1.54) is 12.8 Å². The van der Waals surface area contributed by atoms with Crippen molar-refractivity contribution in [3.05, 3.63) is 11.9 Å². The quantitative estimate of drug-likeness (QED) is 0.723. The fraction of sp³-hybridized carbons (Fsp3) is 0.786. The molecule has 0 aliphatic heterocycles. The van der Waals surface area contributed by atoms with Gasteiger partial charge in [0, 0.05) is 25.9 Å². The second kappa shape index (κ2) is 7.41. The summed E-state index contributed by atoms with van der Waals surface area (Å²) in [6.45, 7) is 10.3. The second-order valence-corrected chi connectivity index (χ2v) is 4.85. The van der Waals surface area contributed by atoms with Gasteiger partial charge >= 0.3 is 0 Å². The van der Waals surface area contributed by atoms with Crippen LogP contribution in [0.3, 0.4) is 0 Å². The Labute approximate surface area is 111 Å². The molecule has 18 heavy (non-hydrogen) atoms. The highest BCUT2D eigenvalue weighted by Gasteiger charge is 2.18. The smallest absolute Gasteiger partial charge is 0.203 e. The maximum absolute atomic E-state index is 5.06. The Morgan fingerprint density at radius 2 is 2.06 bits per heavy atom. The van der Waals surface area contributed by atoms with Crippen LogP contribution in [0.25, 0.3) is 0 Å². The molecule has 0 radical (unpaired) electrons. The van der Waals surface area contributed by atoms with Crippen LogP contribution >= 0.6 is 0 Å². The summed E-state index contributed by atoms with van der Waals surface area (Å²) >= 11 is 0. The summed E-state index contributed by atoms with van der Waals surface area (Å²) in [5.41, 5.74) is 1.06. The number of hydrogen-bond acceptors (Lipinski definition) is 3. The first kappa shape index (κ1) is 15.0. The van der Waals surface area contributed by atoms with Gasteiger partial charge in [0.15, 0.2) is 0 Å². The molecule has 1 aromatic heterocycles. The molecule has 104 valence electrons. The second-order valence-electron chi connectivity index (χ2n) is 4.85. The molecule has 0 spiro atoms. The topological polar surface area (TPSA) is 39.1 Å². The predicted molar refractivity (Wildman–Crippen MR) is 76.1 cm³/mol. The number of imidazole rings is 1. The van der Waals surface area contributed by atoms with Gasteiger partial charge in [-0.25, -0.2) is 4.98 Å². The summed E-state index contributed by atoms with van der Waals surface area (Å²) in [4.78, 5) is 4.55. The molecule has 1 atom stereocenters. The fourth-order valence-electron chi connectivity index (χ4n) is 2.42. The van der Waals surface area contributed by atoms with E-state index in [1.807, 2.05) is 6.92 Å². The van der Waals surface area contributed by atoms with Crippen molar-refractivity contribution in [3.8, 4) is 0 Å². The summed E-state index contributed by atoms with van der Waals surface area (Å²) < 4.78 is 7.33. The lowest BCUT2D eigenvalue weighted by atomic mass is 9.95. The molecule has 1 unspecified atom stereocenters. The van der Waals surface area contributed by atoms with Crippen LogP contribution in [0.1, 0.15) is 45.3 Å². The first-order valence-electron chi connectivity index (χ1n) is 6.92. The summed E-state index contributed by atoms with van der Waals surface area (Å²) in [7, 11) is 1.71. The molecule has 0 aromatic carbocycles. The van der Waals surface area contributed by atoms with Crippen LogP contribution in [0.15, 0.2) is 6.20 Å². The highest BCUT2D eigenvalue weighted by Crippen LogP contribution is 2.27. The van der Waals surface area contributed by atoms with Crippen LogP contribution in [0, 0.1) is 12.8 Å². The number of methoxy groups -OCH3 is 1. The zero-order valence-corrected chi connectivity index (χ0v) is 12.4. The Morgan fingerprint density at radius 1 is 1.39 bits per heavy atom. The number of nitrogens with one attached hydrogen (secondary N) is 1. The number of aromatic nitrogens is 2. The average Bonchev–Trinajstić information content (AvgIpc) is 2.72. The molecule has 0 saturated carbocycles. The largest absolute Gasteiger partial charge is 0.383 e. The van der Waals surface area contributed by atoms with Crippen molar-refractivity contribution in [2.75, 3.05) is 25.6 Å². The van der Waals surface area contributed by atoms with E-state index in [1.54, 1.807) is 7.11 Å². The molecule has 4 heteroatoms. The third-order valence-corrected chi connectivity index (χ3v) is 3.61. The van der Waals surface area contributed by atoms with E-state index in [4.69, 9.17) is 4.74 Å². The van der Waals surface area contributed by atoms with Gasteiger partial charge in [0.25, 0.3) is 0 Å². The summed E-state index contributed by atoms with van der Waals surface area (Å²) in [5, 5.41) is 3.35. The lowest BCUT2D eigenvalue weighted by Crippen LogP contribution is -2.19. The molecule has 1 N–H and O–H groups in total. The normalized spacial score (nSPS) is 13.0. The zero-order valence-electron chi connectivity index (χ0n) is 12.4. The SMILES string of the molecule is CCC(CC)C(C)n1cc(C)nc1NCCOC. The van der Waals surface area contributed by atoms with Gasteiger partial charge in [-0.1, -0.05) is 26.7 Å². The first-order valence-corrected chi connectivity index (χ1v) is 6.92. The van der Waals surface area contributed by atoms with Crippen molar-refractivity contribution in [1.29, 1.82) is 0 Å².